The summed E-state index contributed by atoms with van der Waals surface area (Å²) in [5.41, 5.74) is -0.779. The van der Waals surface area contributed by atoms with Crippen molar-refractivity contribution in [2.24, 2.45) is 0 Å². The van der Waals surface area contributed by atoms with Crippen LogP contribution >= 0.6 is 23.5 Å². The number of aromatic nitrogens is 2. The van der Waals surface area contributed by atoms with Crippen molar-refractivity contribution in [1.82, 2.24) is 9.55 Å². The number of hydrogen-bond donors (Lipinski definition) is 5. The number of nitrogens with zero attached hydrogens (tertiary/aromatic N) is 1. The van der Waals surface area contributed by atoms with E-state index in [2.05, 4.69) is 24.7 Å². The highest BCUT2D eigenvalue weighted by molar-refractivity contribution is 7.66. The molecule has 164 valence electrons. The highest BCUT2D eigenvalue weighted by atomic mass is 31.3. The van der Waals surface area contributed by atoms with Crippen molar-refractivity contribution in [3.8, 4) is 0 Å². The molecule has 1 fully saturated rings. The Bertz CT molecular complexity index is 1050. The Labute approximate surface area is 162 Å². The lowest BCUT2D eigenvalue weighted by atomic mass is 10.1. The molecule has 0 saturated carbocycles. The monoisotopic (exact) mass is 478 g/mol. The number of ether oxygens (including phenoxy) is 1. The molecule has 0 bridgehead atoms. The van der Waals surface area contributed by atoms with E-state index < -0.39 is 53.7 Å². The predicted molar refractivity (Wildman–Crippen MR) is 93.5 cm³/mol. The van der Waals surface area contributed by atoms with Gasteiger partial charge in [-0.3, -0.25) is 18.9 Å². The fourth-order valence-electron chi connectivity index (χ4n) is 2.28. The third-order valence-electron chi connectivity index (χ3n) is 3.47. The maximum absolute atomic E-state index is 11.9. The fraction of sp³-hybridized carbons (Fsp3) is 0.455. The Morgan fingerprint density at radius 1 is 1.21 bits per heavy atom. The van der Waals surface area contributed by atoms with Gasteiger partial charge in [-0.1, -0.05) is 6.58 Å². The number of rotatable bonds is 8. The van der Waals surface area contributed by atoms with Crippen molar-refractivity contribution in [1.29, 1.82) is 0 Å². The first kappa shape index (κ1) is 24.1. The summed E-state index contributed by atoms with van der Waals surface area (Å²) in [5.74, 6) is 0. The maximum Gasteiger partial charge on any atom is 0.490 e. The van der Waals surface area contributed by atoms with E-state index >= 15 is 0 Å². The van der Waals surface area contributed by atoms with Crippen LogP contribution in [0.15, 0.2) is 27.9 Å². The van der Waals surface area contributed by atoms with Crippen LogP contribution in [-0.4, -0.2) is 41.8 Å². The summed E-state index contributed by atoms with van der Waals surface area (Å²) < 4.78 is 51.8. The Morgan fingerprint density at radius 2 is 1.83 bits per heavy atom. The Kier molecular flexibility index (Phi) is 7.05. The van der Waals surface area contributed by atoms with Gasteiger partial charge in [-0.15, -0.1) is 0 Å². The van der Waals surface area contributed by atoms with Crippen molar-refractivity contribution in [3.05, 3.63) is 44.8 Å². The van der Waals surface area contributed by atoms with Crippen molar-refractivity contribution in [2.75, 3.05) is 6.61 Å². The molecule has 0 aromatic carbocycles. The van der Waals surface area contributed by atoms with E-state index in [1.54, 1.807) is 0 Å². The second-order valence-electron chi connectivity index (χ2n) is 5.81. The molecule has 15 nitrogen and oxygen atoms in total. The molecule has 29 heavy (non-hydrogen) atoms. The van der Waals surface area contributed by atoms with Crippen LogP contribution in [-0.2, 0) is 31.6 Å². The van der Waals surface area contributed by atoms with Crippen LogP contribution in [0, 0.1) is 6.92 Å². The molecule has 2 heterocycles. The lowest BCUT2D eigenvalue weighted by Gasteiger charge is -2.19. The van der Waals surface area contributed by atoms with Crippen LogP contribution in [0.5, 0.6) is 0 Å². The van der Waals surface area contributed by atoms with E-state index in [0.717, 1.165) is 4.57 Å². The molecular weight excluding hydrogens is 461 g/mol. The first-order valence-electron chi connectivity index (χ1n) is 7.52. The number of phosphoric ester groups is 1. The molecule has 1 aromatic rings. The van der Waals surface area contributed by atoms with Crippen molar-refractivity contribution in [3.63, 3.8) is 0 Å². The third kappa shape index (κ3) is 6.92. The van der Waals surface area contributed by atoms with Crippen LogP contribution in [0.1, 0.15) is 18.2 Å². The molecule has 5 N–H and O–H groups in total. The lowest BCUT2D eigenvalue weighted by Crippen LogP contribution is -2.33. The Morgan fingerprint density at radius 3 is 2.41 bits per heavy atom. The summed E-state index contributed by atoms with van der Waals surface area (Å²) >= 11 is 0. The fourth-order valence-corrected chi connectivity index (χ4v) is 5.29. The summed E-state index contributed by atoms with van der Waals surface area (Å²) in [7, 11) is -16.4. The Hall–Kier alpha value is -1.21. The molecule has 0 aliphatic carbocycles. The van der Waals surface area contributed by atoms with Gasteiger partial charge in [0.2, 0.25) is 0 Å². The van der Waals surface area contributed by atoms with Crippen LogP contribution in [0.4, 0.5) is 0 Å². The highest BCUT2D eigenvalue weighted by Gasteiger charge is 2.41. The molecule has 1 aliphatic rings. The molecule has 4 atom stereocenters. The number of H-pyrrole nitrogens is 1. The normalized spacial score (nSPS) is 24.2. The summed E-state index contributed by atoms with van der Waals surface area (Å²) in [6.45, 7) is 4.41. The number of aryl methyl sites for hydroxylation is 1. The topological polar surface area (TPSA) is 224 Å². The second kappa shape index (κ2) is 8.50. The predicted octanol–water partition coefficient (Wildman–Crippen LogP) is 0.0320. The number of aromatic amines is 1. The summed E-state index contributed by atoms with van der Waals surface area (Å²) in [4.78, 5) is 60.9. The summed E-state index contributed by atoms with van der Waals surface area (Å²) in [5, 5.41) is 0. The zero-order valence-electron chi connectivity index (χ0n) is 14.6. The van der Waals surface area contributed by atoms with Crippen molar-refractivity contribution >= 4 is 23.5 Å². The van der Waals surface area contributed by atoms with Gasteiger partial charge in [-0.05, 0) is 12.5 Å². The van der Waals surface area contributed by atoms with E-state index in [1.807, 2.05) is 0 Å². The molecule has 18 heteroatoms. The van der Waals surface area contributed by atoms with E-state index in [9.17, 15) is 28.2 Å². The van der Waals surface area contributed by atoms with E-state index in [0.29, 0.717) is 5.57 Å². The van der Waals surface area contributed by atoms with Gasteiger partial charge in [0, 0.05) is 18.2 Å². The van der Waals surface area contributed by atoms with Crippen molar-refractivity contribution in [2.45, 2.75) is 25.7 Å². The average Bonchev–Trinajstić information content (AvgIpc) is 2.86. The summed E-state index contributed by atoms with van der Waals surface area (Å²) in [6, 6.07) is 0. The highest BCUT2D eigenvalue weighted by Crippen LogP contribution is 2.66. The van der Waals surface area contributed by atoms with Crippen LogP contribution in [0.25, 0.3) is 0 Å². The Balaban J connectivity index is 2.04. The lowest BCUT2D eigenvalue weighted by molar-refractivity contribution is -0.0187. The number of nitrogens with one attached hydrogen (secondary N) is 1. The van der Waals surface area contributed by atoms with Gasteiger partial charge in [0.25, 0.3) is 5.56 Å². The SMILES string of the molecule is C=C1C[C@H](n2cc(C)c(=O)[nH]c2=O)O[C@@H]1COP(=O)(O)OP(=O)(O)OP(=O)(O)O. The molecule has 0 amide bonds. The van der Waals surface area contributed by atoms with E-state index in [1.165, 1.54) is 13.1 Å². The second-order valence-corrected chi connectivity index (χ2v) is 10.2. The smallest absolute Gasteiger partial charge is 0.348 e. The van der Waals surface area contributed by atoms with Gasteiger partial charge >= 0.3 is 29.2 Å². The van der Waals surface area contributed by atoms with E-state index in [4.69, 9.17) is 19.4 Å². The van der Waals surface area contributed by atoms with Gasteiger partial charge in [0.1, 0.15) is 12.3 Å². The van der Waals surface area contributed by atoms with Gasteiger partial charge < -0.3 is 24.3 Å². The molecule has 2 rings (SSSR count). The van der Waals surface area contributed by atoms with Crippen LogP contribution < -0.4 is 11.2 Å². The molecule has 1 aliphatic heterocycles. The van der Waals surface area contributed by atoms with Crippen LogP contribution in [0.2, 0.25) is 0 Å². The largest absolute Gasteiger partial charge is 0.490 e. The first-order chi connectivity index (χ1) is 13.1. The maximum atomic E-state index is 11.9. The number of hydrogen-bond acceptors (Lipinski definition) is 9. The van der Waals surface area contributed by atoms with Crippen LogP contribution in [0.3, 0.4) is 0 Å². The van der Waals surface area contributed by atoms with E-state index in [-0.39, 0.29) is 12.0 Å². The van der Waals surface area contributed by atoms with Gasteiger partial charge in [-0.2, -0.15) is 8.62 Å². The molecular formula is C11H17N2O13P3. The minimum atomic E-state index is -5.63. The summed E-state index contributed by atoms with van der Waals surface area (Å²) in [6.07, 6.45) is -0.635. The molecule has 1 aromatic heterocycles. The quantitative estimate of drug-likeness (QED) is 0.246. The minimum absolute atomic E-state index is 0.0792. The first-order valence-corrected chi connectivity index (χ1v) is 12.0. The van der Waals surface area contributed by atoms with Gasteiger partial charge in [0.05, 0.1) is 6.61 Å². The molecule has 2 unspecified atom stereocenters. The molecule has 1 saturated heterocycles. The van der Waals surface area contributed by atoms with Crippen molar-refractivity contribution < 1.29 is 51.2 Å². The third-order valence-corrected chi connectivity index (χ3v) is 7.28. The van der Waals surface area contributed by atoms with Gasteiger partial charge in [0.15, 0.2) is 0 Å². The minimum Gasteiger partial charge on any atom is -0.348 e. The standard InChI is InChI=1S/C11H17N2O13P3/c1-6-3-9(13-4-7(2)10(14)12-11(13)15)24-8(6)5-23-28(19,20)26-29(21,22)25-27(16,17)18/h4,8-9H,1,3,5H2,2H3,(H,19,20)(H,21,22)(H,12,14,15)(H2,16,17,18)/t8-,9-/m1/s1. The molecule has 0 spiro atoms. The zero-order chi connectivity index (χ0) is 22.2. The zero-order valence-corrected chi connectivity index (χ0v) is 17.3. The molecule has 0 radical (unpaired) electrons. The van der Waals surface area contributed by atoms with Gasteiger partial charge in [-0.25, -0.2) is 18.5 Å². The average molecular weight is 478 g/mol. The number of phosphoric acid groups is 3.